The van der Waals surface area contributed by atoms with Crippen molar-refractivity contribution in [1.82, 2.24) is 0 Å². The predicted octanol–water partition coefficient (Wildman–Crippen LogP) is 11.5. The zero-order valence-electron chi connectivity index (χ0n) is 21.8. The maximum absolute atomic E-state index is 2.42. The fourth-order valence-corrected chi connectivity index (χ4v) is 6.94. The smallest absolute Gasteiger partial charge is 0.0440 e. The van der Waals surface area contributed by atoms with Crippen molar-refractivity contribution < 1.29 is 0 Å². The third kappa shape index (κ3) is 3.65. The summed E-state index contributed by atoms with van der Waals surface area (Å²) in [7, 11) is 0. The van der Waals surface area contributed by atoms with Gasteiger partial charge in [-0.25, -0.2) is 0 Å². The largest absolute Gasteiger partial charge is 0.135 e. The number of fused-ring (bicyclic) bond motifs is 9. The molecule has 1 heterocycles. The Morgan fingerprint density at radius 3 is 1.89 bits per heavy atom. The van der Waals surface area contributed by atoms with E-state index < -0.39 is 0 Å². The maximum Gasteiger partial charge on any atom is 0.0440 e. The van der Waals surface area contributed by atoms with Crippen molar-refractivity contribution >= 4 is 69.9 Å². The molecule has 7 aromatic rings. The van der Waals surface area contributed by atoms with Crippen LogP contribution in [0.25, 0.3) is 69.7 Å². The Balaban J connectivity index is 0.00000123. The molecule has 0 aliphatic carbocycles. The topological polar surface area (TPSA) is 0 Å². The molecule has 0 N–H and O–H groups in total. The Morgan fingerprint density at radius 2 is 1.19 bits per heavy atom. The molecule has 0 aliphatic rings. The molecule has 0 aliphatic heterocycles. The molecule has 1 aromatic heterocycles. The number of aryl methyl sites for hydroxylation is 1. The summed E-state index contributed by atoms with van der Waals surface area (Å²) in [4.78, 5) is 0. The standard InChI is InChI=1S/C34H24S.C2H6/c1-3-10-22-19-30(25-12-5-4-11-24(25)21(22)2)23-17-18-32-31(20-23)33-28-15-8-6-13-26(28)27-14-7-9-16-29(27)34(33)35-32;1-2/h3-20H,1-2H3;1-2H3/b10-3-;. The molecule has 1 heteroatoms. The number of hydrogen-bond donors (Lipinski definition) is 0. The summed E-state index contributed by atoms with van der Waals surface area (Å²) < 4.78 is 2.73. The van der Waals surface area contributed by atoms with Crippen LogP contribution in [0.5, 0.6) is 0 Å². The van der Waals surface area contributed by atoms with Crippen LogP contribution in [0.1, 0.15) is 31.9 Å². The second-order valence-electron chi connectivity index (χ2n) is 9.29. The number of hydrogen-bond acceptors (Lipinski definition) is 1. The van der Waals surface area contributed by atoms with Gasteiger partial charge in [0.05, 0.1) is 0 Å². The summed E-state index contributed by atoms with van der Waals surface area (Å²) in [6.07, 6.45) is 4.36. The number of allylic oxidation sites excluding steroid dienone is 1. The second kappa shape index (κ2) is 9.50. The maximum atomic E-state index is 2.42. The van der Waals surface area contributed by atoms with Gasteiger partial charge in [-0.15, -0.1) is 11.3 Å². The summed E-state index contributed by atoms with van der Waals surface area (Å²) in [5, 5.41) is 10.7. The van der Waals surface area contributed by atoms with E-state index in [0.29, 0.717) is 0 Å². The van der Waals surface area contributed by atoms with Crippen molar-refractivity contribution in [3.8, 4) is 11.1 Å². The second-order valence-corrected chi connectivity index (χ2v) is 10.3. The zero-order valence-corrected chi connectivity index (χ0v) is 22.6. The van der Waals surface area contributed by atoms with Crippen molar-refractivity contribution in [2.45, 2.75) is 27.7 Å². The lowest BCUT2D eigenvalue weighted by atomic mass is 9.90. The van der Waals surface area contributed by atoms with Crippen LogP contribution >= 0.6 is 11.3 Å². The molecule has 0 spiro atoms. The summed E-state index contributed by atoms with van der Waals surface area (Å²) in [6.45, 7) is 8.32. The molecule has 0 nitrogen and oxygen atoms in total. The molecule has 0 saturated carbocycles. The molecule has 0 unspecified atom stereocenters. The van der Waals surface area contributed by atoms with E-state index >= 15 is 0 Å². The minimum absolute atomic E-state index is 1.27. The third-order valence-electron chi connectivity index (χ3n) is 7.36. The molecule has 6 aromatic carbocycles. The quantitative estimate of drug-likeness (QED) is 0.210. The van der Waals surface area contributed by atoms with Crippen LogP contribution in [0.15, 0.2) is 103 Å². The molecule has 0 radical (unpaired) electrons. The molecule has 37 heavy (non-hydrogen) atoms. The number of thiophene rings is 1. The van der Waals surface area contributed by atoms with Crippen molar-refractivity contribution in [1.29, 1.82) is 0 Å². The fourth-order valence-electron chi connectivity index (χ4n) is 5.71. The Hall–Kier alpha value is -3.94. The van der Waals surface area contributed by atoms with E-state index in [4.69, 9.17) is 0 Å². The summed E-state index contributed by atoms with van der Waals surface area (Å²) in [6, 6.07) is 35.9. The van der Waals surface area contributed by atoms with Gasteiger partial charge < -0.3 is 0 Å². The highest BCUT2D eigenvalue weighted by Gasteiger charge is 2.16. The van der Waals surface area contributed by atoms with E-state index in [1.807, 2.05) is 25.2 Å². The predicted molar refractivity (Wildman–Crippen MR) is 168 cm³/mol. The van der Waals surface area contributed by atoms with Gasteiger partial charge in [0.1, 0.15) is 0 Å². The SMILES string of the molecule is C/C=C\c1cc(-c2ccc3sc4c5ccccc5c5ccccc5c4c3c2)c2ccccc2c1C.CC. The average Bonchev–Trinajstić information content (AvgIpc) is 3.35. The molecule has 0 atom stereocenters. The first-order chi connectivity index (χ1) is 18.2. The van der Waals surface area contributed by atoms with Crippen LogP contribution < -0.4 is 0 Å². The van der Waals surface area contributed by atoms with Crippen LogP contribution in [0.3, 0.4) is 0 Å². The van der Waals surface area contributed by atoms with Gasteiger partial charge in [0.25, 0.3) is 0 Å². The Kier molecular flexibility index (Phi) is 6.02. The van der Waals surface area contributed by atoms with Crippen LogP contribution in [0.2, 0.25) is 0 Å². The normalized spacial score (nSPS) is 11.7. The Bertz CT molecular complexity index is 1970. The summed E-state index contributed by atoms with van der Waals surface area (Å²) in [5.41, 5.74) is 5.19. The number of benzene rings is 6. The summed E-state index contributed by atoms with van der Waals surface area (Å²) in [5.74, 6) is 0. The Labute approximate surface area is 222 Å². The molecular formula is C36H30S. The zero-order chi connectivity index (χ0) is 25.5. The van der Waals surface area contributed by atoms with E-state index in [0.717, 1.165) is 0 Å². The van der Waals surface area contributed by atoms with Gasteiger partial charge in [-0.05, 0) is 81.2 Å². The lowest BCUT2D eigenvalue weighted by Gasteiger charge is -2.13. The van der Waals surface area contributed by atoms with Crippen LogP contribution in [0.4, 0.5) is 0 Å². The van der Waals surface area contributed by atoms with Crippen molar-refractivity contribution in [2.24, 2.45) is 0 Å². The van der Waals surface area contributed by atoms with E-state index in [9.17, 15) is 0 Å². The van der Waals surface area contributed by atoms with Gasteiger partial charge in [-0.1, -0.05) is 105 Å². The van der Waals surface area contributed by atoms with Crippen molar-refractivity contribution in [3.63, 3.8) is 0 Å². The monoisotopic (exact) mass is 494 g/mol. The average molecular weight is 495 g/mol. The highest BCUT2D eigenvalue weighted by molar-refractivity contribution is 7.27. The Morgan fingerprint density at radius 1 is 0.595 bits per heavy atom. The lowest BCUT2D eigenvalue weighted by Crippen LogP contribution is -1.89. The van der Waals surface area contributed by atoms with Gasteiger partial charge in [-0.3, -0.25) is 0 Å². The highest BCUT2D eigenvalue weighted by Crippen LogP contribution is 2.45. The minimum Gasteiger partial charge on any atom is -0.135 e. The minimum atomic E-state index is 1.27. The van der Waals surface area contributed by atoms with Crippen molar-refractivity contribution in [2.75, 3.05) is 0 Å². The van der Waals surface area contributed by atoms with Gasteiger partial charge in [0.2, 0.25) is 0 Å². The van der Waals surface area contributed by atoms with Crippen LogP contribution in [-0.4, -0.2) is 0 Å². The molecule has 0 bridgehead atoms. The molecule has 0 amide bonds. The molecule has 180 valence electrons. The van der Waals surface area contributed by atoms with Gasteiger partial charge in [-0.2, -0.15) is 0 Å². The van der Waals surface area contributed by atoms with Gasteiger partial charge in [0.15, 0.2) is 0 Å². The van der Waals surface area contributed by atoms with E-state index in [1.54, 1.807) is 0 Å². The van der Waals surface area contributed by atoms with Gasteiger partial charge >= 0.3 is 0 Å². The molecular weight excluding hydrogens is 464 g/mol. The number of rotatable bonds is 2. The molecule has 0 fully saturated rings. The lowest BCUT2D eigenvalue weighted by molar-refractivity contribution is 1.49. The third-order valence-corrected chi connectivity index (χ3v) is 8.56. The first-order valence-corrected chi connectivity index (χ1v) is 14.0. The fraction of sp³-hybridized carbons (Fsp3) is 0.111. The van der Waals surface area contributed by atoms with Gasteiger partial charge in [0, 0.05) is 25.6 Å². The molecule has 7 rings (SSSR count). The highest BCUT2D eigenvalue weighted by atomic mass is 32.1. The first kappa shape index (κ1) is 23.5. The van der Waals surface area contributed by atoms with E-state index in [1.165, 1.54) is 74.7 Å². The summed E-state index contributed by atoms with van der Waals surface area (Å²) >= 11 is 1.92. The van der Waals surface area contributed by atoms with Crippen LogP contribution in [0, 0.1) is 6.92 Å². The first-order valence-electron chi connectivity index (χ1n) is 13.2. The van der Waals surface area contributed by atoms with E-state index in [2.05, 4.69) is 123 Å². The van der Waals surface area contributed by atoms with Crippen LogP contribution in [-0.2, 0) is 0 Å². The van der Waals surface area contributed by atoms with Crippen molar-refractivity contribution in [3.05, 3.63) is 114 Å². The molecule has 0 saturated heterocycles. The van der Waals surface area contributed by atoms with E-state index in [-0.39, 0.29) is 0 Å².